The van der Waals surface area contributed by atoms with Crippen LogP contribution in [0.15, 0.2) is 126 Å². The van der Waals surface area contributed by atoms with Gasteiger partial charge in [-0.25, -0.2) is 9.59 Å². The van der Waals surface area contributed by atoms with Crippen molar-refractivity contribution in [1.82, 2.24) is 0 Å². The van der Waals surface area contributed by atoms with E-state index in [-0.39, 0.29) is 17.2 Å². The summed E-state index contributed by atoms with van der Waals surface area (Å²) in [5.74, 6) is -1.34. The van der Waals surface area contributed by atoms with Gasteiger partial charge < -0.3 is 18.6 Å². The molecule has 0 aromatic heterocycles. The van der Waals surface area contributed by atoms with Crippen LogP contribution >= 0.6 is 0 Å². The molecular weight excluding hydrogens is 586 g/mol. The van der Waals surface area contributed by atoms with Gasteiger partial charge in [0.1, 0.15) is 6.04 Å². The molecule has 4 aromatic carbocycles. The van der Waals surface area contributed by atoms with Gasteiger partial charge in [0, 0.05) is 4.91 Å². The number of hydrogen-bond donors (Lipinski definition) is 0. The molecule has 4 aromatic rings. The van der Waals surface area contributed by atoms with Crippen molar-refractivity contribution in [1.29, 1.82) is 0 Å². The van der Waals surface area contributed by atoms with Gasteiger partial charge in [-0.1, -0.05) is 123 Å². The van der Waals surface area contributed by atoms with Crippen molar-refractivity contribution < 1.29 is 28.2 Å². The van der Waals surface area contributed by atoms with E-state index in [0.717, 1.165) is 10.4 Å². The van der Waals surface area contributed by atoms with Crippen LogP contribution in [-0.2, 0) is 18.6 Å². The normalized spacial score (nSPS) is 19.7. The first kappa shape index (κ1) is 31.7. The third-order valence-electron chi connectivity index (χ3n) is 7.85. The fourth-order valence-electron chi connectivity index (χ4n) is 5.74. The van der Waals surface area contributed by atoms with Gasteiger partial charge in [-0.05, 0) is 45.2 Å². The second-order valence-electron chi connectivity index (χ2n) is 11.7. The van der Waals surface area contributed by atoms with Gasteiger partial charge in [0.15, 0.2) is 6.10 Å². The van der Waals surface area contributed by atoms with Gasteiger partial charge in [0.2, 0.25) is 6.29 Å². The Morgan fingerprint density at radius 3 is 1.64 bits per heavy atom. The van der Waals surface area contributed by atoms with Gasteiger partial charge in [-0.15, -0.1) is 0 Å². The van der Waals surface area contributed by atoms with Crippen molar-refractivity contribution in [3.05, 3.63) is 143 Å². The molecule has 0 amide bonds. The lowest BCUT2D eigenvalue weighted by molar-refractivity contribution is -0.140. The molecule has 0 N–H and O–H groups in total. The molecular formula is C35H35N3O6Si. The van der Waals surface area contributed by atoms with E-state index in [0.29, 0.717) is 5.56 Å². The highest BCUT2D eigenvalue weighted by molar-refractivity contribution is 6.99. The maximum atomic E-state index is 13.2. The van der Waals surface area contributed by atoms with E-state index < -0.39 is 44.8 Å². The van der Waals surface area contributed by atoms with Crippen LogP contribution in [0.1, 0.15) is 41.5 Å². The number of azide groups is 1. The van der Waals surface area contributed by atoms with Crippen LogP contribution in [-0.4, -0.2) is 51.4 Å². The molecule has 1 aliphatic rings. The third-order valence-corrected chi connectivity index (χ3v) is 12.9. The van der Waals surface area contributed by atoms with E-state index in [1.54, 1.807) is 60.7 Å². The Morgan fingerprint density at radius 1 is 0.756 bits per heavy atom. The largest absolute Gasteiger partial charge is 0.452 e. The Labute approximate surface area is 263 Å². The predicted molar refractivity (Wildman–Crippen MR) is 173 cm³/mol. The monoisotopic (exact) mass is 621 g/mol. The van der Waals surface area contributed by atoms with Crippen LogP contribution in [0.5, 0.6) is 0 Å². The van der Waals surface area contributed by atoms with E-state index in [4.69, 9.17) is 18.6 Å². The maximum absolute atomic E-state index is 13.2. The minimum atomic E-state index is -3.01. The Bertz CT molecular complexity index is 1590. The summed E-state index contributed by atoms with van der Waals surface area (Å²) in [7, 11) is -3.01. The molecule has 1 saturated heterocycles. The van der Waals surface area contributed by atoms with Crippen molar-refractivity contribution >= 4 is 30.6 Å². The van der Waals surface area contributed by atoms with E-state index in [2.05, 4.69) is 55.1 Å². The minimum Gasteiger partial charge on any atom is -0.452 e. The summed E-state index contributed by atoms with van der Waals surface area (Å²) in [6.07, 6.45) is -3.48. The molecule has 1 fully saturated rings. The van der Waals surface area contributed by atoms with E-state index >= 15 is 0 Å². The van der Waals surface area contributed by atoms with Gasteiger partial charge in [0.05, 0.1) is 23.8 Å². The van der Waals surface area contributed by atoms with Crippen LogP contribution in [0.25, 0.3) is 10.4 Å². The van der Waals surface area contributed by atoms with Crippen molar-refractivity contribution in [2.45, 2.75) is 50.3 Å². The zero-order valence-corrected chi connectivity index (χ0v) is 26.4. The molecule has 1 aliphatic heterocycles. The second kappa shape index (κ2) is 13.9. The summed E-state index contributed by atoms with van der Waals surface area (Å²) in [6, 6.07) is 35.9. The van der Waals surface area contributed by atoms with E-state index in [1.165, 1.54) is 0 Å². The average Bonchev–Trinajstić information content (AvgIpc) is 3.37. The fraction of sp³-hybridized carbons (Fsp3) is 0.257. The molecule has 4 atom stereocenters. The van der Waals surface area contributed by atoms with Crippen molar-refractivity contribution in [3.8, 4) is 0 Å². The Hall–Kier alpha value is -4.73. The lowest BCUT2D eigenvalue weighted by Crippen LogP contribution is -2.67. The quantitative estimate of drug-likeness (QED) is 0.0699. The number of rotatable bonds is 10. The highest BCUT2D eigenvalue weighted by Crippen LogP contribution is 2.38. The molecule has 10 heteroatoms. The summed E-state index contributed by atoms with van der Waals surface area (Å²) in [5.41, 5.74) is 10.2. The topological polar surface area (TPSA) is 120 Å². The minimum absolute atomic E-state index is 0.0181. The highest BCUT2D eigenvalue weighted by Gasteiger charge is 2.54. The zero-order chi connectivity index (χ0) is 31.9. The number of esters is 2. The number of ether oxygens (including phenoxy) is 3. The molecule has 0 aliphatic carbocycles. The summed E-state index contributed by atoms with van der Waals surface area (Å²) in [4.78, 5) is 29.4. The molecule has 0 spiro atoms. The smallest absolute Gasteiger partial charge is 0.340 e. The average molecular weight is 622 g/mol. The molecule has 0 radical (unpaired) electrons. The van der Waals surface area contributed by atoms with Crippen LogP contribution < -0.4 is 10.4 Å². The van der Waals surface area contributed by atoms with Gasteiger partial charge in [0.25, 0.3) is 8.32 Å². The lowest BCUT2D eigenvalue weighted by atomic mass is 10.1. The van der Waals surface area contributed by atoms with Crippen LogP contribution in [0.3, 0.4) is 0 Å². The SMILES string of the molecule is CC(C)(C)[Si](OC[C@H]1O[C@H](OC(=O)c2ccccc2)[C@H](OC(=O)c2ccccc2)[C@@H]1N=[N+]=[N-])(c1ccccc1)c1ccccc1. The number of hydrogen-bond acceptors (Lipinski definition) is 7. The van der Waals surface area contributed by atoms with Crippen LogP contribution in [0, 0.1) is 0 Å². The van der Waals surface area contributed by atoms with E-state index in [1.807, 2.05) is 36.4 Å². The van der Waals surface area contributed by atoms with Gasteiger partial charge in [-0.3, -0.25) is 0 Å². The standard InChI is InChI=1S/C35H35N3O6Si/c1-35(2,3)45(27-20-12-6-13-21-27,28-22-14-7-15-23-28)41-24-29-30(37-38-36)31(43-32(39)25-16-8-4-9-17-25)34(42-29)44-33(40)26-18-10-5-11-19-26/h4-23,29-31,34H,24H2,1-3H3/t29-,30-,31-,34-/m1/s1. The van der Waals surface area contributed by atoms with Crippen LogP contribution in [0.4, 0.5) is 0 Å². The Morgan fingerprint density at radius 2 is 1.20 bits per heavy atom. The molecule has 5 rings (SSSR count). The zero-order valence-electron chi connectivity index (χ0n) is 25.4. The summed E-state index contributed by atoms with van der Waals surface area (Å²) in [6.45, 7) is 6.42. The van der Waals surface area contributed by atoms with Crippen molar-refractivity contribution in [2.75, 3.05) is 6.61 Å². The molecule has 230 valence electrons. The predicted octanol–water partition coefficient (Wildman–Crippen LogP) is 6.05. The summed E-state index contributed by atoms with van der Waals surface area (Å²) < 4.78 is 24.9. The van der Waals surface area contributed by atoms with Gasteiger partial charge in [-0.2, -0.15) is 0 Å². The third kappa shape index (κ3) is 6.84. The van der Waals surface area contributed by atoms with E-state index in [9.17, 15) is 15.1 Å². The number of benzene rings is 4. The Balaban J connectivity index is 1.50. The number of carbonyl (C=O) groups excluding carboxylic acids is 2. The molecule has 0 bridgehead atoms. The summed E-state index contributed by atoms with van der Waals surface area (Å²) in [5, 5.41) is 5.77. The molecule has 1 heterocycles. The Kier molecular flexibility index (Phi) is 9.80. The second-order valence-corrected chi connectivity index (χ2v) is 16.0. The maximum Gasteiger partial charge on any atom is 0.340 e. The fourth-order valence-corrected chi connectivity index (χ4v) is 10.3. The molecule has 0 unspecified atom stereocenters. The summed E-state index contributed by atoms with van der Waals surface area (Å²) >= 11 is 0. The number of carbonyl (C=O) groups is 2. The molecule has 0 saturated carbocycles. The van der Waals surface area contributed by atoms with Crippen molar-refractivity contribution in [2.24, 2.45) is 5.11 Å². The van der Waals surface area contributed by atoms with Crippen molar-refractivity contribution in [3.63, 3.8) is 0 Å². The molecule has 45 heavy (non-hydrogen) atoms. The van der Waals surface area contributed by atoms with Gasteiger partial charge >= 0.3 is 11.9 Å². The molecule has 9 nitrogen and oxygen atoms in total. The number of nitrogens with zero attached hydrogens (tertiary/aromatic N) is 3. The first-order valence-electron chi connectivity index (χ1n) is 14.7. The lowest BCUT2D eigenvalue weighted by Gasteiger charge is -2.43. The first-order chi connectivity index (χ1) is 21.7. The van der Waals surface area contributed by atoms with Crippen LogP contribution in [0.2, 0.25) is 5.04 Å². The highest BCUT2D eigenvalue weighted by atomic mass is 28.4. The first-order valence-corrected chi connectivity index (χ1v) is 16.6.